The molecule has 0 saturated heterocycles. The Labute approximate surface area is 189 Å². The Balaban J connectivity index is -0.00000450. The first-order valence-corrected chi connectivity index (χ1v) is 11.1. The summed E-state index contributed by atoms with van der Waals surface area (Å²) in [7, 11) is 3.18. The monoisotopic (exact) mass is 1000 g/mol. The van der Waals surface area contributed by atoms with E-state index >= 15 is 0 Å². The van der Waals surface area contributed by atoms with Gasteiger partial charge in [0.05, 0.1) is 52.9 Å². The van der Waals surface area contributed by atoms with Crippen molar-refractivity contribution in [2.24, 2.45) is 0 Å². The zero-order valence-corrected chi connectivity index (χ0v) is 33.6. The second-order valence-corrected chi connectivity index (χ2v) is 7.15. The number of ether oxygens (including phenoxy) is 8. The Morgan fingerprint density at radius 2 is 0.970 bits per heavy atom. The predicted octanol–water partition coefficient (Wildman–Crippen LogP) is 0.571. The molecule has 0 N–H and O–H groups in total. The Bertz CT molecular complexity index is 411. The van der Waals surface area contributed by atoms with Crippen LogP contribution in [0, 0.1) is 13.8 Å². The first kappa shape index (κ1) is 34.7. The molecule has 0 aliphatic heterocycles. The smallest absolute Gasteiger partial charge is 0.329 e. The summed E-state index contributed by atoms with van der Waals surface area (Å²) in [5.41, 5.74) is 0. The molecule has 2 atom stereocenters. The maximum atomic E-state index is 11.7. The van der Waals surface area contributed by atoms with Crippen molar-refractivity contribution in [3.8, 4) is 0 Å². The third-order valence-corrected chi connectivity index (χ3v) is 4.47. The third-order valence-electron chi connectivity index (χ3n) is 3.25. The molecule has 0 radical (unpaired) electrons. The van der Waals surface area contributed by atoms with Crippen molar-refractivity contribution >= 4 is 23.7 Å². The molecule has 0 aromatic heterocycles. The number of esters is 2. The minimum atomic E-state index is -0.552. The SMILES string of the molecule is [CH2-]C(CSCC([CH2-])OC(=O)COCCOCCOC)OC(=O)COCCOCCOC.[Rf].[Rf]. The van der Waals surface area contributed by atoms with Gasteiger partial charge in [0, 0.05) is 25.7 Å². The van der Waals surface area contributed by atoms with Gasteiger partial charge < -0.3 is 51.7 Å². The van der Waals surface area contributed by atoms with Gasteiger partial charge in [-0.25, -0.2) is 9.59 Å². The fraction of sp³-hybridized carbons (Fsp3) is 0.800. The van der Waals surface area contributed by atoms with Crippen LogP contribution in [-0.4, -0.2) is 116 Å². The van der Waals surface area contributed by atoms with Crippen molar-refractivity contribution < 1.29 is 47.5 Å². The van der Waals surface area contributed by atoms with Gasteiger partial charge in [-0.2, -0.15) is 11.8 Å². The van der Waals surface area contributed by atoms with Crippen LogP contribution in [0.5, 0.6) is 0 Å². The summed E-state index contributed by atoms with van der Waals surface area (Å²) in [6.07, 6.45) is -1.10. The molecule has 2 unspecified atom stereocenters. The number of carbonyl (C=O) groups excluding carboxylic acids is 2. The number of hydrogen-bond acceptors (Lipinski definition) is 11. The zero-order chi connectivity index (χ0) is 23.2. The summed E-state index contributed by atoms with van der Waals surface area (Å²) < 4.78 is 40.7. The van der Waals surface area contributed by atoms with Gasteiger partial charge in [0.25, 0.3) is 0 Å². The maximum Gasteiger partial charge on any atom is 0.329 e. The van der Waals surface area contributed by atoms with Crippen LogP contribution in [0.25, 0.3) is 0 Å². The van der Waals surface area contributed by atoms with Gasteiger partial charge in [-0.05, 0) is 12.2 Å². The fourth-order valence-corrected chi connectivity index (χ4v) is 2.67. The molecule has 0 amide bonds. The topological polar surface area (TPSA) is 108 Å². The van der Waals surface area contributed by atoms with Crippen molar-refractivity contribution in [2.45, 2.75) is 12.2 Å². The molecule has 0 bridgehead atoms. The minimum Gasteiger partial charge on any atom is -0.493 e. The Hall–Kier alpha value is -2.95. The summed E-state index contributed by atoms with van der Waals surface area (Å²) in [5, 5.41) is 0. The van der Waals surface area contributed by atoms with Crippen LogP contribution < -0.4 is 0 Å². The standard InChI is InChI=1S/C20H36O10S.2Rf/c1-17(29-19(21)13-27-11-9-25-7-5-23-3)15-31-16-18(2)30-20(22)14-28-12-10-26-8-6-24-4;;/h17-18H,1-2,5-16H2,3-4H3;;/q-2;;. The van der Waals surface area contributed by atoms with Gasteiger partial charge in [-0.1, -0.05) is 0 Å². The number of methoxy groups -OCH3 is 2. The van der Waals surface area contributed by atoms with E-state index in [2.05, 4.69) is 13.8 Å². The molecule has 0 aliphatic rings. The summed E-state index contributed by atoms with van der Waals surface area (Å²) in [5.74, 6) is -0.132. The van der Waals surface area contributed by atoms with Gasteiger partial charge in [0.2, 0.25) is 0 Å². The summed E-state index contributed by atoms with van der Waals surface area (Å²) >= 11 is 1.41. The van der Waals surface area contributed by atoms with Crippen LogP contribution in [0.4, 0.5) is 0 Å². The van der Waals surface area contributed by atoms with Crippen molar-refractivity contribution in [1.29, 1.82) is 0 Å². The first-order valence-electron chi connectivity index (χ1n) is 9.91. The molecule has 0 aromatic carbocycles. The van der Waals surface area contributed by atoms with E-state index in [0.29, 0.717) is 51.1 Å². The molecule has 13 heteroatoms. The van der Waals surface area contributed by atoms with Crippen molar-refractivity contribution in [3.05, 3.63) is 13.8 Å². The van der Waals surface area contributed by atoms with Gasteiger partial charge in [-0.15, -0.1) is 0 Å². The number of carbonyl (C=O) groups is 2. The number of thioether (sulfide) groups is 1. The first-order chi connectivity index (χ1) is 15.0. The molecule has 10 nitrogen and oxygen atoms in total. The van der Waals surface area contributed by atoms with Crippen molar-refractivity contribution in [1.82, 2.24) is 0 Å². The molecule has 0 aliphatic carbocycles. The van der Waals surface area contributed by atoms with Gasteiger partial charge >= 0.3 is 11.9 Å². The normalized spacial score (nSPS) is 12.2. The Kier molecular flexibility index (Phi) is 26.6. The van der Waals surface area contributed by atoms with Crippen LogP contribution in [0.2, 0.25) is 0 Å². The van der Waals surface area contributed by atoms with E-state index in [9.17, 15) is 9.59 Å². The van der Waals surface area contributed by atoms with Gasteiger partial charge in [-0.3, -0.25) is 0 Å². The van der Waals surface area contributed by atoms with Gasteiger partial charge in [0.1, 0.15) is 13.2 Å². The van der Waals surface area contributed by atoms with E-state index in [1.54, 1.807) is 14.2 Å². The fourth-order valence-electron chi connectivity index (χ4n) is 1.87. The molecular formula is C20H36O10Rf2S-2. The summed E-state index contributed by atoms with van der Waals surface area (Å²) in [6.45, 7) is 10.5. The second-order valence-electron chi connectivity index (χ2n) is 6.08. The molecule has 0 aromatic rings. The van der Waals surface area contributed by atoms with Crippen LogP contribution in [0.1, 0.15) is 0 Å². The van der Waals surface area contributed by atoms with E-state index < -0.39 is 24.1 Å². The van der Waals surface area contributed by atoms with Gasteiger partial charge in [0.15, 0.2) is 0 Å². The Morgan fingerprint density at radius 1 is 0.636 bits per heavy atom. The summed E-state index contributed by atoms with van der Waals surface area (Å²) in [4.78, 5) is 23.3. The second kappa shape index (κ2) is 25.3. The molecule has 188 valence electrons. The molecule has 0 spiro atoms. The maximum absolute atomic E-state index is 11.7. The molecule has 0 saturated carbocycles. The number of hydrogen-bond donors (Lipinski definition) is 0. The average Bonchev–Trinajstić information content (AvgIpc) is 2.72. The molecule has 0 heterocycles. The van der Waals surface area contributed by atoms with E-state index in [1.807, 2.05) is 0 Å². The Morgan fingerprint density at radius 3 is 1.33 bits per heavy atom. The van der Waals surface area contributed by atoms with E-state index in [4.69, 9.17) is 37.9 Å². The van der Waals surface area contributed by atoms with Crippen molar-refractivity contribution in [2.75, 3.05) is 91.8 Å². The van der Waals surface area contributed by atoms with Crippen LogP contribution in [0.15, 0.2) is 0 Å². The van der Waals surface area contributed by atoms with E-state index in [1.165, 1.54) is 11.8 Å². The van der Waals surface area contributed by atoms with Crippen LogP contribution in [0.3, 0.4) is 0 Å². The largest absolute Gasteiger partial charge is 0.493 e. The quantitative estimate of drug-likeness (QED) is 0.0865. The van der Waals surface area contributed by atoms with Crippen LogP contribution >= 0.6 is 11.8 Å². The summed E-state index contributed by atoms with van der Waals surface area (Å²) in [6, 6.07) is 0. The number of rotatable bonds is 22. The van der Waals surface area contributed by atoms with E-state index in [-0.39, 0.29) is 26.4 Å². The average molecular weight is 1000 g/mol. The van der Waals surface area contributed by atoms with Crippen molar-refractivity contribution in [3.63, 3.8) is 0 Å². The third kappa shape index (κ3) is 25.2. The van der Waals surface area contributed by atoms with Crippen LogP contribution in [-0.2, 0) is 47.5 Å². The molecular weight excluding hydrogens is 966 g/mol. The van der Waals surface area contributed by atoms with E-state index in [0.717, 1.165) is 0 Å². The molecule has 33 heavy (non-hydrogen) atoms. The predicted molar refractivity (Wildman–Crippen MR) is 115 cm³/mol. The minimum absolute atomic E-state index is 0. The zero-order valence-electron chi connectivity index (χ0n) is 20.0. The molecule has 0 fully saturated rings. The molecule has 0 rings (SSSR count).